The van der Waals surface area contributed by atoms with Crippen molar-refractivity contribution in [2.45, 2.75) is 19.3 Å². The molecule has 2 heterocycles. The van der Waals surface area contributed by atoms with Crippen molar-refractivity contribution in [1.82, 2.24) is 14.5 Å². The number of hydrogen-bond donors (Lipinski definition) is 0. The molecule has 3 heteroatoms. The average molecular weight is 412 g/mol. The van der Waals surface area contributed by atoms with Crippen LogP contribution in [0.15, 0.2) is 91.3 Å². The molecule has 0 saturated carbocycles. The largest absolute Gasteiger partial charge is 0.278 e. The number of nitrogens with zero attached hydrogens (tertiary/aromatic N) is 3. The molecule has 1 aliphatic carbocycles. The van der Waals surface area contributed by atoms with Crippen LogP contribution in [0.25, 0.3) is 49.7 Å². The minimum absolute atomic E-state index is 0.161. The number of para-hydroxylation sites is 1. The number of rotatable bonds is 1. The van der Waals surface area contributed by atoms with Crippen molar-refractivity contribution in [3.8, 4) is 17.1 Å². The Labute approximate surface area is 186 Å². The molecule has 0 unspecified atom stereocenters. The van der Waals surface area contributed by atoms with Gasteiger partial charge in [-0.15, -0.1) is 0 Å². The lowest BCUT2D eigenvalue weighted by molar-refractivity contribution is 0.669. The van der Waals surface area contributed by atoms with Crippen molar-refractivity contribution in [2.24, 2.45) is 0 Å². The molecule has 0 spiro atoms. The van der Waals surface area contributed by atoms with E-state index in [1.165, 1.54) is 49.3 Å². The van der Waals surface area contributed by atoms with Gasteiger partial charge in [0.05, 0.1) is 11.0 Å². The summed E-state index contributed by atoms with van der Waals surface area (Å²) in [6.07, 6.45) is 3.64. The fourth-order valence-electron chi connectivity index (χ4n) is 5.82. The van der Waals surface area contributed by atoms with Gasteiger partial charge in [0, 0.05) is 28.6 Å². The maximum Gasteiger partial charge on any atom is 0.234 e. The summed E-state index contributed by atoms with van der Waals surface area (Å²) < 4.78 is 2.25. The van der Waals surface area contributed by atoms with Crippen molar-refractivity contribution in [3.63, 3.8) is 0 Å². The maximum atomic E-state index is 4.65. The quantitative estimate of drug-likeness (QED) is 0.291. The average Bonchev–Trinajstić information content (AvgIpc) is 3.29. The Morgan fingerprint density at radius 1 is 0.625 bits per heavy atom. The normalized spacial score (nSPS) is 14.2. The smallest absolute Gasteiger partial charge is 0.234 e. The van der Waals surface area contributed by atoms with Gasteiger partial charge in [-0.25, -0.2) is 9.97 Å². The van der Waals surface area contributed by atoms with Crippen LogP contribution in [0.2, 0.25) is 0 Å². The van der Waals surface area contributed by atoms with Crippen LogP contribution in [0.1, 0.15) is 25.0 Å². The molecule has 4 aromatic carbocycles. The fourth-order valence-corrected chi connectivity index (χ4v) is 5.82. The third-order valence-electron chi connectivity index (χ3n) is 7.06. The molecule has 0 fully saturated rings. The third kappa shape index (κ3) is 2.10. The lowest BCUT2D eigenvalue weighted by Crippen LogP contribution is -2.17. The van der Waals surface area contributed by atoms with Gasteiger partial charge in [0.15, 0.2) is 0 Å². The third-order valence-corrected chi connectivity index (χ3v) is 7.06. The Morgan fingerprint density at radius 3 is 2.16 bits per heavy atom. The van der Waals surface area contributed by atoms with E-state index >= 15 is 0 Å². The minimum atomic E-state index is -0.161. The van der Waals surface area contributed by atoms with Gasteiger partial charge in [-0.05, 0) is 45.2 Å². The minimum Gasteiger partial charge on any atom is -0.278 e. The predicted molar refractivity (Wildman–Crippen MR) is 131 cm³/mol. The molecule has 7 rings (SSSR count). The second-order valence-electron chi connectivity index (χ2n) is 9.12. The highest BCUT2D eigenvalue weighted by Crippen LogP contribution is 2.54. The van der Waals surface area contributed by atoms with Gasteiger partial charge in [0.25, 0.3) is 0 Å². The molecule has 0 amide bonds. The lowest BCUT2D eigenvalue weighted by atomic mass is 9.79. The second-order valence-corrected chi connectivity index (χ2v) is 9.12. The SMILES string of the molecule is CC1(C)c2c(ccc3ccccc23)-c2ccc3c4ccccc4n(-c4ncccn4)c3c21. The highest BCUT2D eigenvalue weighted by atomic mass is 15.1. The molecule has 3 nitrogen and oxygen atoms in total. The summed E-state index contributed by atoms with van der Waals surface area (Å²) in [5.74, 6) is 0.712. The molecule has 1 aliphatic rings. The number of aromatic nitrogens is 3. The Bertz CT molecular complexity index is 1690. The molecule has 0 saturated heterocycles. The molecule has 32 heavy (non-hydrogen) atoms. The predicted octanol–water partition coefficient (Wildman–Crippen LogP) is 7.03. The zero-order valence-electron chi connectivity index (χ0n) is 18.0. The first-order valence-electron chi connectivity index (χ1n) is 11.0. The summed E-state index contributed by atoms with van der Waals surface area (Å²) in [5, 5.41) is 5.10. The standard InChI is InChI=1S/C29H21N3/c1-29(2)25-19-9-4-3-8-18(19)12-13-21(25)22-14-15-23-20-10-5-6-11-24(20)32(27(23)26(22)29)28-30-16-7-17-31-28/h3-17H,1-2H3. The molecule has 0 radical (unpaired) electrons. The molecule has 0 aliphatic heterocycles. The molecular formula is C29H21N3. The van der Waals surface area contributed by atoms with Gasteiger partial charge in [-0.2, -0.15) is 0 Å². The molecular weight excluding hydrogens is 390 g/mol. The van der Waals surface area contributed by atoms with Gasteiger partial charge >= 0.3 is 0 Å². The van der Waals surface area contributed by atoms with Gasteiger partial charge in [0.2, 0.25) is 5.95 Å². The van der Waals surface area contributed by atoms with Gasteiger partial charge < -0.3 is 0 Å². The Balaban J connectivity index is 1.70. The number of hydrogen-bond acceptors (Lipinski definition) is 2. The van der Waals surface area contributed by atoms with Crippen LogP contribution in [-0.4, -0.2) is 14.5 Å². The summed E-state index contributed by atoms with van der Waals surface area (Å²) in [6.45, 7) is 4.72. The van der Waals surface area contributed by atoms with Crippen LogP contribution in [0.3, 0.4) is 0 Å². The van der Waals surface area contributed by atoms with Gasteiger partial charge in [-0.1, -0.05) is 80.6 Å². The van der Waals surface area contributed by atoms with Crippen LogP contribution in [0.5, 0.6) is 0 Å². The topological polar surface area (TPSA) is 30.7 Å². The van der Waals surface area contributed by atoms with Crippen molar-refractivity contribution < 1.29 is 0 Å². The van der Waals surface area contributed by atoms with E-state index < -0.39 is 0 Å². The summed E-state index contributed by atoms with van der Waals surface area (Å²) in [5.41, 5.74) is 7.58. The Hall–Kier alpha value is -3.98. The molecule has 6 aromatic rings. The van der Waals surface area contributed by atoms with Crippen LogP contribution in [0.4, 0.5) is 0 Å². The van der Waals surface area contributed by atoms with Crippen molar-refractivity contribution in [3.05, 3.63) is 102 Å². The van der Waals surface area contributed by atoms with Crippen LogP contribution < -0.4 is 0 Å². The molecule has 0 N–H and O–H groups in total. The van der Waals surface area contributed by atoms with E-state index in [9.17, 15) is 0 Å². The van der Waals surface area contributed by atoms with E-state index in [0.717, 1.165) is 5.52 Å². The first-order chi connectivity index (χ1) is 15.7. The first-order valence-corrected chi connectivity index (χ1v) is 11.0. The van der Waals surface area contributed by atoms with Crippen molar-refractivity contribution in [2.75, 3.05) is 0 Å². The summed E-state index contributed by atoms with van der Waals surface area (Å²) in [7, 11) is 0. The van der Waals surface area contributed by atoms with Gasteiger partial charge in [0.1, 0.15) is 0 Å². The summed E-state index contributed by atoms with van der Waals surface area (Å²) in [6, 6.07) is 28.3. The lowest BCUT2D eigenvalue weighted by Gasteiger charge is -2.24. The highest BCUT2D eigenvalue weighted by Gasteiger charge is 2.39. The summed E-state index contributed by atoms with van der Waals surface area (Å²) in [4.78, 5) is 9.29. The monoisotopic (exact) mass is 411 g/mol. The molecule has 0 atom stereocenters. The van der Waals surface area contributed by atoms with E-state index in [1.54, 1.807) is 0 Å². The number of benzene rings is 4. The molecule has 2 aromatic heterocycles. The zero-order valence-corrected chi connectivity index (χ0v) is 18.0. The van der Waals surface area contributed by atoms with E-state index in [4.69, 9.17) is 0 Å². The van der Waals surface area contributed by atoms with Crippen LogP contribution in [-0.2, 0) is 5.41 Å². The van der Waals surface area contributed by atoms with Crippen LogP contribution >= 0.6 is 0 Å². The molecule has 152 valence electrons. The van der Waals surface area contributed by atoms with E-state index in [-0.39, 0.29) is 5.41 Å². The zero-order chi connectivity index (χ0) is 21.4. The van der Waals surface area contributed by atoms with Crippen molar-refractivity contribution in [1.29, 1.82) is 0 Å². The van der Waals surface area contributed by atoms with E-state index in [0.29, 0.717) is 5.95 Å². The first kappa shape index (κ1) is 17.7. The van der Waals surface area contributed by atoms with E-state index in [2.05, 4.69) is 101 Å². The Kier molecular flexibility index (Phi) is 3.34. The second kappa shape index (κ2) is 6.04. The Morgan fingerprint density at radius 2 is 1.31 bits per heavy atom. The van der Waals surface area contributed by atoms with Crippen LogP contribution in [0, 0.1) is 0 Å². The number of fused-ring (bicyclic) bond motifs is 9. The maximum absolute atomic E-state index is 4.65. The fraction of sp³-hybridized carbons (Fsp3) is 0.103. The van der Waals surface area contributed by atoms with Crippen molar-refractivity contribution >= 4 is 32.6 Å². The van der Waals surface area contributed by atoms with Gasteiger partial charge in [-0.3, -0.25) is 4.57 Å². The highest BCUT2D eigenvalue weighted by molar-refractivity contribution is 6.13. The van der Waals surface area contributed by atoms with E-state index in [1.807, 2.05) is 18.5 Å². The molecule has 0 bridgehead atoms. The summed E-state index contributed by atoms with van der Waals surface area (Å²) >= 11 is 0.